The summed E-state index contributed by atoms with van der Waals surface area (Å²) in [4.78, 5) is 22.7. The molecule has 0 bridgehead atoms. The number of phenolic OH excluding ortho intramolecular Hbond substituents is 1. The zero-order valence-corrected chi connectivity index (χ0v) is 19.6. The molecule has 172 valence electrons. The number of aryl methyl sites for hydroxylation is 1. The number of amides is 1. The summed E-state index contributed by atoms with van der Waals surface area (Å²) in [5.41, 5.74) is 4.62. The summed E-state index contributed by atoms with van der Waals surface area (Å²) < 4.78 is 5.30. The molecule has 2 rings (SSSR count). The molecule has 1 amide bonds. The lowest BCUT2D eigenvalue weighted by molar-refractivity contribution is -0.385. The van der Waals surface area contributed by atoms with E-state index in [1.54, 1.807) is 13.0 Å². The van der Waals surface area contributed by atoms with Gasteiger partial charge < -0.3 is 9.84 Å². The molecule has 0 atom stereocenters. The number of benzene rings is 2. The van der Waals surface area contributed by atoms with Crippen LogP contribution in [0.1, 0.15) is 63.8 Å². The number of ether oxygens (including phenoxy) is 1. The highest BCUT2D eigenvalue weighted by Gasteiger charge is 2.26. The number of nitrogens with zero attached hydrogens (tertiary/aromatic N) is 2. The van der Waals surface area contributed by atoms with Crippen LogP contribution >= 0.6 is 0 Å². The number of nitrogens with one attached hydrogen (secondary N) is 1. The first kappa shape index (κ1) is 24.8. The summed E-state index contributed by atoms with van der Waals surface area (Å²) in [5.74, 6) is -0.274. The number of hydrogen-bond donors (Lipinski definition) is 2. The van der Waals surface area contributed by atoms with Crippen molar-refractivity contribution < 1.29 is 19.6 Å². The predicted octanol–water partition coefficient (Wildman–Crippen LogP) is 4.73. The average Bonchev–Trinajstić information content (AvgIpc) is 2.66. The fourth-order valence-electron chi connectivity index (χ4n) is 3.12. The standard InChI is InChI=1S/C24H31N3O5/c1-15-8-9-20(19(10-15)27(30)31)32-14-21(28)26-25-13-16-11-17(23(2,3)4)22(29)18(12-16)24(5,6)7/h8-13,29H,14H2,1-7H3,(H,26,28). The van der Waals surface area contributed by atoms with Crippen LogP contribution in [-0.2, 0) is 15.6 Å². The topological polar surface area (TPSA) is 114 Å². The minimum Gasteiger partial charge on any atom is -0.507 e. The predicted molar refractivity (Wildman–Crippen MR) is 125 cm³/mol. The van der Waals surface area contributed by atoms with Gasteiger partial charge in [0.05, 0.1) is 11.1 Å². The second-order valence-corrected chi connectivity index (χ2v) is 9.77. The first-order chi connectivity index (χ1) is 14.7. The molecule has 2 aromatic rings. The highest BCUT2D eigenvalue weighted by Crippen LogP contribution is 2.39. The number of phenols is 1. The fourth-order valence-corrected chi connectivity index (χ4v) is 3.12. The molecule has 0 heterocycles. The van der Waals surface area contributed by atoms with Crippen molar-refractivity contribution in [3.05, 3.63) is 62.7 Å². The van der Waals surface area contributed by atoms with Gasteiger partial charge in [-0.2, -0.15) is 5.10 Å². The summed E-state index contributed by atoms with van der Waals surface area (Å²) in [6, 6.07) is 8.19. The Kier molecular flexibility index (Phi) is 7.28. The lowest BCUT2D eigenvalue weighted by Crippen LogP contribution is -2.25. The highest BCUT2D eigenvalue weighted by molar-refractivity contribution is 5.84. The first-order valence-corrected chi connectivity index (χ1v) is 10.3. The van der Waals surface area contributed by atoms with Gasteiger partial charge >= 0.3 is 5.69 Å². The maximum atomic E-state index is 12.1. The summed E-state index contributed by atoms with van der Waals surface area (Å²) in [5, 5.41) is 25.9. The zero-order chi connectivity index (χ0) is 24.3. The van der Waals surface area contributed by atoms with E-state index in [9.17, 15) is 20.0 Å². The van der Waals surface area contributed by atoms with Gasteiger partial charge in [-0.3, -0.25) is 14.9 Å². The van der Waals surface area contributed by atoms with Crippen molar-refractivity contribution in [2.75, 3.05) is 6.61 Å². The van der Waals surface area contributed by atoms with E-state index in [0.717, 1.165) is 22.3 Å². The van der Waals surface area contributed by atoms with Gasteiger partial charge in [0.15, 0.2) is 12.4 Å². The third-order valence-corrected chi connectivity index (χ3v) is 4.82. The SMILES string of the molecule is Cc1ccc(OCC(=O)NN=Cc2cc(C(C)(C)C)c(O)c(C(C)(C)C)c2)c([N+](=O)[O-])c1. The third-order valence-electron chi connectivity index (χ3n) is 4.82. The quantitative estimate of drug-likeness (QED) is 0.382. The molecule has 0 radical (unpaired) electrons. The zero-order valence-electron chi connectivity index (χ0n) is 19.6. The van der Waals surface area contributed by atoms with Crippen LogP contribution in [0.2, 0.25) is 0 Å². The van der Waals surface area contributed by atoms with Crippen molar-refractivity contribution in [2.24, 2.45) is 5.10 Å². The second kappa shape index (κ2) is 9.38. The van der Waals surface area contributed by atoms with Crippen LogP contribution in [0.4, 0.5) is 5.69 Å². The Bertz CT molecular complexity index is 1010. The molecule has 0 unspecified atom stereocenters. The number of nitro groups is 1. The molecular formula is C24H31N3O5. The molecule has 8 heteroatoms. The van der Waals surface area contributed by atoms with E-state index in [4.69, 9.17) is 4.74 Å². The van der Waals surface area contributed by atoms with Crippen molar-refractivity contribution >= 4 is 17.8 Å². The molecule has 2 N–H and O–H groups in total. The molecule has 8 nitrogen and oxygen atoms in total. The van der Waals surface area contributed by atoms with E-state index < -0.39 is 17.4 Å². The molecule has 2 aromatic carbocycles. The van der Waals surface area contributed by atoms with E-state index in [2.05, 4.69) is 10.5 Å². The number of hydrazone groups is 1. The molecule has 0 saturated carbocycles. The Morgan fingerprint density at radius 3 is 2.19 bits per heavy atom. The van der Waals surface area contributed by atoms with Crippen LogP contribution in [0.5, 0.6) is 11.5 Å². The maximum absolute atomic E-state index is 12.1. The molecule has 32 heavy (non-hydrogen) atoms. The first-order valence-electron chi connectivity index (χ1n) is 10.3. The van der Waals surface area contributed by atoms with Crippen LogP contribution in [0.15, 0.2) is 35.4 Å². The van der Waals surface area contributed by atoms with E-state index in [1.807, 2.05) is 53.7 Å². The van der Waals surface area contributed by atoms with Gasteiger partial charge in [0.2, 0.25) is 0 Å². The van der Waals surface area contributed by atoms with Crippen LogP contribution in [0.25, 0.3) is 0 Å². The summed E-state index contributed by atoms with van der Waals surface area (Å²) >= 11 is 0. The summed E-state index contributed by atoms with van der Waals surface area (Å²) in [6.45, 7) is 13.4. The minimum absolute atomic E-state index is 0.0166. The van der Waals surface area contributed by atoms with Crippen molar-refractivity contribution in [1.29, 1.82) is 0 Å². The van der Waals surface area contributed by atoms with Gasteiger partial charge in [-0.1, -0.05) is 47.6 Å². The number of nitro benzene ring substituents is 1. The second-order valence-electron chi connectivity index (χ2n) is 9.77. The Morgan fingerprint density at radius 1 is 1.12 bits per heavy atom. The van der Waals surface area contributed by atoms with Gasteiger partial charge in [-0.25, -0.2) is 5.43 Å². The van der Waals surface area contributed by atoms with Crippen molar-refractivity contribution in [1.82, 2.24) is 5.43 Å². The van der Waals surface area contributed by atoms with Crippen LogP contribution < -0.4 is 10.2 Å². The Morgan fingerprint density at radius 2 is 1.69 bits per heavy atom. The lowest BCUT2D eigenvalue weighted by Gasteiger charge is -2.27. The Labute approximate surface area is 188 Å². The average molecular weight is 442 g/mol. The number of carbonyl (C=O) groups excluding carboxylic acids is 1. The molecule has 0 spiro atoms. The molecular weight excluding hydrogens is 410 g/mol. The molecule has 0 aliphatic rings. The largest absolute Gasteiger partial charge is 0.507 e. The van der Waals surface area contributed by atoms with Crippen LogP contribution in [0.3, 0.4) is 0 Å². The van der Waals surface area contributed by atoms with Gasteiger partial charge in [0.25, 0.3) is 5.91 Å². The van der Waals surface area contributed by atoms with E-state index >= 15 is 0 Å². The Hall–Kier alpha value is -3.42. The normalized spacial score (nSPS) is 12.1. The Balaban J connectivity index is 2.14. The lowest BCUT2D eigenvalue weighted by atomic mass is 9.78. The fraction of sp³-hybridized carbons (Fsp3) is 0.417. The molecule has 0 aliphatic heterocycles. The van der Waals surface area contributed by atoms with E-state index in [-0.39, 0.29) is 28.0 Å². The van der Waals surface area contributed by atoms with Gasteiger partial charge in [0, 0.05) is 17.2 Å². The van der Waals surface area contributed by atoms with E-state index in [1.165, 1.54) is 18.3 Å². The minimum atomic E-state index is -0.554. The molecule has 0 fully saturated rings. The number of rotatable bonds is 6. The summed E-state index contributed by atoms with van der Waals surface area (Å²) in [6.07, 6.45) is 1.50. The highest BCUT2D eigenvalue weighted by atomic mass is 16.6. The number of aromatic hydroxyl groups is 1. The maximum Gasteiger partial charge on any atom is 0.311 e. The smallest absolute Gasteiger partial charge is 0.311 e. The van der Waals surface area contributed by atoms with Crippen molar-refractivity contribution in [3.8, 4) is 11.5 Å². The van der Waals surface area contributed by atoms with Crippen molar-refractivity contribution in [3.63, 3.8) is 0 Å². The number of carbonyl (C=O) groups is 1. The van der Waals surface area contributed by atoms with Gasteiger partial charge in [0.1, 0.15) is 5.75 Å². The molecule has 0 saturated heterocycles. The van der Waals surface area contributed by atoms with Gasteiger partial charge in [-0.15, -0.1) is 0 Å². The van der Waals surface area contributed by atoms with Crippen molar-refractivity contribution in [2.45, 2.75) is 59.3 Å². The van der Waals surface area contributed by atoms with Crippen LogP contribution in [-0.4, -0.2) is 28.8 Å². The van der Waals surface area contributed by atoms with E-state index in [0.29, 0.717) is 0 Å². The monoisotopic (exact) mass is 441 g/mol. The van der Waals surface area contributed by atoms with Gasteiger partial charge in [-0.05, 0) is 47.1 Å². The number of hydrogen-bond acceptors (Lipinski definition) is 6. The van der Waals surface area contributed by atoms with Crippen LogP contribution in [0, 0.1) is 17.0 Å². The molecule has 0 aromatic heterocycles. The molecule has 0 aliphatic carbocycles. The summed E-state index contributed by atoms with van der Waals surface area (Å²) in [7, 11) is 0. The third kappa shape index (κ3) is 6.29.